The summed E-state index contributed by atoms with van der Waals surface area (Å²) in [7, 11) is 1.83. The quantitative estimate of drug-likeness (QED) is 0.759. The van der Waals surface area contributed by atoms with Gasteiger partial charge in [-0.25, -0.2) is 0 Å². The standard InChI is InChI=1S/C12H25NO2/c1-5-13-11(10(2)3)12(14-4)6-8-15-9-7-12/h10-11,13H,5-9H2,1-4H3. The minimum Gasteiger partial charge on any atom is -0.381 e. The first-order chi connectivity index (χ1) is 7.16. The summed E-state index contributed by atoms with van der Waals surface area (Å²) in [5.74, 6) is 0.586. The number of rotatable bonds is 5. The molecule has 1 heterocycles. The Labute approximate surface area is 93.5 Å². The third-order valence-electron chi connectivity index (χ3n) is 3.40. The lowest BCUT2D eigenvalue weighted by molar-refractivity contribution is -0.118. The zero-order valence-corrected chi connectivity index (χ0v) is 10.5. The van der Waals surface area contributed by atoms with Crippen LogP contribution in [0.1, 0.15) is 33.6 Å². The fourth-order valence-electron chi connectivity index (χ4n) is 2.61. The van der Waals surface area contributed by atoms with Crippen LogP contribution in [0.25, 0.3) is 0 Å². The molecule has 0 aromatic heterocycles. The molecule has 1 fully saturated rings. The van der Waals surface area contributed by atoms with E-state index in [4.69, 9.17) is 9.47 Å². The van der Waals surface area contributed by atoms with Crippen molar-refractivity contribution in [1.82, 2.24) is 5.32 Å². The van der Waals surface area contributed by atoms with Crippen molar-refractivity contribution in [3.63, 3.8) is 0 Å². The lowest BCUT2D eigenvalue weighted by Crippen LogP contribution is -2.57. The highest BCUT2D eigenvalue weighted by molar-refractivity contribution is 4.96. The summed E-state index contributed by atoms with van der Waals surface area (Å²) in [4.78, 5) is 0. The predicted molar refractivity (Wildman–Crippen MR) is 62.1 cm³/mol. The number of ether oxygens (including phenoxy) is 2. The van der Waals surface area contributed by atoms with Gasteiger partial charge >= 0.3 is 0 Å². The number of hydrogen-bond donors (Lipinski definition) is 1. The highest BCUT2D eigenvalue weighted by Gasteiger charge is 2.41. The molecular weight excluding hydrogens is 190 g/mol. The van der Waals surface area contributed by atoms with E-state index in [1.54, 1.807) is 0 Å². The zero-order chi connectivity index (χ0) is 11.3. The molecule has 1 atom stereocenters. The van der Waals surface area contributed by atoms with Crippen LogP contribution in [-0.2, 0) is 9.47 Å². The van der Waals surface area contributed by atoms with Crippen LogP contribution >= 0.6 is 0 Å². The lowest BCUT2D eigenvalue weighted by Gasteiger charge is -2.44. The molecule has 1 rings (SSSR count). The largest absolute Gasteiger partial charge is 0.381 e. The first-order valence-corrected chi connectivity index (χ1v) is 6.02. The molecule has 0 spiro atoms. The van der Waals surface area contributed by atoms with E-state index in [0.29, 0.717) is 12.0 Å². The van der Waals surface area contributed by atoms with Crippen LogP contribution in [0.5, 0.6) is 0 Å². The average Bonchev–Trinajstić information content (AvgIpc) is 2.26. The number of methoxy groups -OCH3 is 1. The molecule has 1 aliphatic rings. The molecule has 1 unspecified atom stereocenters. The Morgan fingerprint density at radius 2 is 1.93 bits per heavy atom. The van der Waals surface area contributed by atoms with Gasteiger partial charge in [0.25, 0.3) is 0 Å². The third kappa shape index (κ3) is 2.92. The number of hydrogen-bond acceptors (Lipinski definition) is 3. The normalized spacial score (nSPS) is 23.0. The third-order valence-corrected chi connectivity index (χ3v) is 3.40. The van der Waals surface area contributed by atoms with Gasteiger partial charge in [-0.05, 0) is 12.5 Å². The molecule has 90 valence electrons. The maximum Gasteiger partial charge on any atom is 0.0877 e. The molecule has 0 aromatic carbocycles. The highest BCUT2D eigenvalue weighted by atomic mass is 16.5. The van der Waals surface area contributed by atoms with Crippen LogP contribution in [0.3, 0.4) is 0 Å². The fraction of sp³-hybridized carbons (Fsp3) is 1.00. The second kappa shape index (κ2) is 5.83. The summed E-state index contributed by atoms with van der Waals surface area (Å²) in [6, 6.07) is 0.427. The van der Waals surface area contributed by atoms with Crippen molar-refractivity contribution in [2.75, 3.05) is 26.9 Å². The Balaban J connectivity index is 2.74. The van der Waals surface area contributed by atoms with Crippen molar-refractivity contribution in [2.45, 2.75) is 45.3 Å². The Kier molecular flexibility index (Phi) is 5.03. The van der Waals surface area contributed by atoms with Gasteiger partial charge in [0.1, 0.15) is 0 Å². The Hall–Kier alpha value is -0.120. The second-order valence-corrected chi connectivity index (χ2v) is 4.66. The summed E-state index contributed by atoms with van der Waals surface area (Å²) in [5.41, 5.74) is -0.0254. The van der Waals surface area contributed by atoms with Crippen molar-refractivity contribution < 1.29 is 9.47 Å². The van der Waals surface area contributed by atoms with Crippen LogP contribution in [-0.4, -0.2) is 38.5 Å². The molecular formula is C12H25NO2. The Morgan fingerprint density at radius 1 is 1.33 bits per heavy atom. The Bertz CT molecular complexity index is 176. The van der Waals surface area contributed by atoms with E-state index in [1.807, 2.05) is 7.11 Å². The first kappa shape index (κ1) is 12.9. The van der Waals surface area contributed by atoms with Gasteiger partial charge in [-0.15, -0.1) is 0 Å². The monoisotopic (exact) mass is 215 g/mol. The van der Waals surface area contributed by atoms with Crippen molar-refractivity contribution in [3.05, 3.63) is 0 Å². The minimum atomic E-state index is -0.0254. The summed E-state index contributed by atoms with van der Waals surface area (Å²) < 4.78 is 11.2. The van der Waals surface area contributed by atoms with Gasteiger partial charge in [-0.2, -0.15) is 0 Å². The van der Waals surface area contributed by atoms with Gasteiger partial charge < -0.3 is 14.8 Å². The van der Waals surface area contributed by atoms with Crippen molar-refractivity contribution in [3.8, 4) is 0 Å². The zero-order valence-electron chi connectivity index (χ0n) is 10.5. The van der Waals surface area contributed by atoms with Crippen molar-refractivity contribution in [2.24, 2.45) is 5.92 Å². The first-order valence-electron chi connectivity index (χ1n) is 6.02. The molecule has 1 aliphatic heterocycles. The topological polar surface area (TPSA) is 30.5 Å². The Morgan fingerprint density at radius 3 is 2.33 bits per heavy atom. The maximum absolute atomic E-state index is 5.81. The average molecular weight is 215 g/mol. The van der Waals surface area contributed by atoms with E-state index in [2.05, 4.69) is 26.1 Å². The van der Waals surface area contributed by atoms with Crippen LogP contribution < -0.4 is 5.32 Å². The molecule has 1 N–H and O–H groups in total. The van der Waals surface area contributed by atoms with E-state index < -0.39 is 0 Å². The molecule has 0 bridgehead atoms. The number of nitrogens with one attached hydrogen (secondary N) is 1. The summed E-state index contributed by atoms with van der Waals surface area (Å²) in [6.45, 7) is 9.30. The molecule has 3 heteroatoms. The van der Waals surface area contributed by atoms with Gasteiger partial charge in [-0.1, -0.05) is 20.8 Å². The summed E-state index contributed by atoms with van der Waals surface area (Å²) in [5, 5.41) is 3.56. The molecule has 0 saturated carbocycles. The van der Waals surface area contributed by atoms with Crippen LogP contribution in [0, 0.1) is 5.92 Å². The van der Waals surface area contributed by atoms with Crippen molar-refractivity contribution in [1.29, 1.82) is 0 Å². The molecule has 1 saturated heterocycles. The minimum absolute atomic E-state index is 0.0254. The van der Waals surface area contributed by atoms with Gasteiger partial charge in [-0.3, -0.25) is 0 Å². The van der Waals surface area contributed by atoms with Crippen LogP contribution in [0.2, 0.25) is 0 Å². The van der Waals surface area contributed by atoms with E-state index in [9.17, 15) is 0 Å². The maximum atomic E-state index is 5.81. The summed E-state index contributed by atoms with van der Waals surface area (Å²) >= 11 is 0. The van der Waals surface area contributed by atoms with Gasteiger partial charge in [0.05, 0.1) is 5.60 Å². The second-order valence-electron chi connectivity index (χ2n) is 4.66. The molecule has 0 aromatic rings. The smallest absolute Gasteiger partial charge is 0.0877 e. The number of likely N-dealkylation sites (N-methyl/N-ethyl adjacent to an activating group) is 1. The van der Waals surface area contributed by atoms with Crippen LogP contribution in [0.4, 0.5) is 0 Å². The summed E-state index contributed by atoms with van der Waals surface area (Å²) in [6.07, 6.45) is 2.00. The van der Waals surface area contributed by atoms with Gasteiger partial charge in [0.2, 0.25) is 0 Å². The lowest BCUT2D eigenvalue weighted by atomic mass is 9.80. The molecule has 0 amide bonds. The van der Waals surface area contributed by atoms with E-state index in [0.717, 1.165) is 32.6 Å². The molecule has 15 heavy (non-hydrogen) atoms. The van der Waals surface area contributed by atoms with E-state index in [1.165, 1.54) is 0 Å². The fourth-order valence-corrected chi connectivity index (χ4v) is 2.61. The van der Waals surface area contributed by atoms with Crippen molar-refractivity contribution >= 4 is 0 Å². The predicted octanol–water partition coefficient (Wildman–Crippen LogP) is 1.82. The van der Waals surface area contributed by atoms with Gasteiger partial charge in [0.15, 0.2) is 0 Å². The van der Waals surface area contributed by atoms with Gasteiger partial charge in [0, 0.05) is 39.2 Å². The van der Waals surface area contributed by atoms with Crippen LogP contribution in [0.15, 0.2) is 0 Å². The highest BCUT2D eigenvalue weighted by Crippen LogP contribution is 2.31. The SMILES string of the molecule is CCNC(C(C)C)C1(OC)CCOCC1. The molecule has 0 radical (unpaired) electrons. The molecule has 3 nitrogen and oxygen atoms in total. The van der Waals surface area contributed by atoms with E-state index >= 15 is 0 Å². The van der Waals surface area contributed by atoms with E-state index in [-0.39, 0.29) is 5.60 Å². The molecule has 0 aliphatic carbocycles.